The van der Waals surface area contributed by atoms with Crippen molar-refractivity contribution in [1.29, 1.82) is 0 Å². The lowest BCUT2D eigenvalue weighted by Crippen LogP contribution is -1.94. The van der Waals surface area contributed by atoms with Gasteiger partial charge in [-0.3, -0.25) is 0 Å². The van der Waals surface area contributed by atoms with Crippen molar-refractivity contribution in [2.75, 3.05) is 0 Å². The number of fused-ring (bicyclic) bond motifs is 6. The standard InChI is InChI=1S/C56H34N4O2/c1-3-11-35(12-4-1)37-19-27-41(28-20-37)51-49-45-15-7-9-17-47(45)61-55(49)60-54(57-51)44-33-25-40(26-34-44)39-21-29-42(30-22-39)52-50-46-16-8-10-18-48(46)62-56(50)59-53(58-52)43-31-23-38(24-32-43)36-13-5-2-6-14-36/h1-34H. The zero-order valence-corrected chi connectivity index (χ0v) is 33.2. The van der Waals surface area contributed by atoms with Gasteiger partial charge in [0.15, 0.2) is 11.6 Å². The molecule has 4 heterocycles. The molecule has 12 rings (SSSR count). The Hall–Kier alpha value is -8.48. The molecule has 6 nitrogen and oxygen atoms in total. The van der Waals surface area contributed by atoms with Crippen LogP contribution >= 0.6 is 0 Å². The summed E-state index contributed by atoms with van der Waals surface area (Å²) in [4.78, 5) is 20.3. The molecule has 0 fully saturated rings. The van der Waals surface area contributed by atoms with Gasteiger partial charge in [0, 0.05) is 33.0 Å². The molecule has 0 aliphatic heterocycles. The predicted molar refractivity (Wildman–Crippen MR) is 250 cm³/mol. The summed E-state index contributed by atoms with van der Waals surface area (Å²) in [6.07, 6.45) is 0. The van der Waals surface area contributed by atoms with Gasteiger partial charge >= 0.3 is 0 Å². The highest BCUT2D eigenvalue weighted by molar-refractivity contribution is 6.11. The largest absolute Gasteiger partial charge is 0.438 e. The van der Waals surface area contributed by atoms with Gasteiger partial charge in [-0.2, -0.15) is 9.97 Å². The molecular weight excluding hydrogens is 761 g/mol. The maximum absolute atomic E-state index is 6.34. The SMILES string of the molecule is c1ccc(-c2ccc(-c3nc(-c4ccc(-c5ccc(-c6nc(-c7ccc(-c8ccccc8)cc7)c7c(n6)oc6ccccc67)cc5)cc4)c4c(n3)oc3ccccc34)cc2)cc1. The Labute approximate surface area is 356 Å². The van der Waals surface area contributed by atoms with Crippen molar-refractivity contribution < 1.29 is 8.83 Å². The number of nitrogens with zero attached hydrogens (tertiary/aromatic N) is 4. The third-order valence-corrected chi connectivity index (χ3v) is 11.6. The van der Waals surface area contributed by atoms with Crippen molar-refractivity contribution in [2.24, 2.45) is 0 Å². The van der Waals surface area contributed by atoms with Crippen LogP contribution in [0.15, 0.2) is 215 Å². The van der Waals surface area contributed by atoms with Crippen molar-refractivity contribution in [3.05, 3.63) is 206 Å². The fraction of sp³-hybridized carbons (Fsp3) is 0. The Bertz CT molecular complexity index is 3580. The van der Waals surface area contributed by atoms with E-state index >= 15 is 0 Å². The van der Waals surface area contributed by atoms with E-state index in [2.05, 4.69) is 158 Å². The molecule has 12 aromatic rings. The van der Waals surface area contributed by atoms with Crippen LogP contribution < -0.4 is 0 Å². The Balaban J connectivity index is 0.888. The second kappa shape index (κ2) is 14.7. The minimum atomic E-state index is 0.563. The molecule has 4 aromatic heterocycles. The molecule has 0 N–H and O–H groups in total. The van der Waals surface area contributed by atoms with E-state index in [1.807, 2.05) is 48.5 Å². The summed E-state index contributed by atoms with van der Waals surface area (Å²) < 4.78 is 12.7. The normalized spacial score (nSPS) is 11.5. The highest BCUT2D eigenvalue weighted by atomic mass is 16.3. The maximum atomic E-state index is 6.34. The molecule has 6 heteroatoms. The van der Waals surface area contributed by atoms with Crippen LogP contribution in [0.25, 0.3) is 123 Å². The molecule has 0 spiro atoms. The number of para-hydroxylation sites is 2. The van der Waals surface area contributed by atoms with Crippen molar-refractivity contribution in [3.8, 4) is 78.7 Å². The number of hydrogen-bond acceptors (Lipinski definition) is 6. The molecule has 0 atom stereocenters. The molecule has 0 amide bonds. The van der Waals surface area contributed by atoms with Crippen LogP contribution in [0, 0.1) is 0 Å². The van der Waals surface area contributed by atoms with E-state index in [9.17, 15) is 0 Å². The van der Waals surface area contributed by atoms with Crippen LogP contribution in [0.3, 0.4) is 0 Å². The van der Waals surface area contributed by atoms with Gasteiger partial charge in [0.2, 0.25) is 11.4 Å². The lowest BCUT2D eigenvalue weighted by atomic mass is 9.99. The first-order valence-electron chi connectivity index (χ1n) is 20.6. The van der Waals surface area contributed by atoms with Crippen LogP contribution in [0.2, 0.25) is 0 Å². The number of hydrogen-bond donors (Lipinski definition) is 0. The molecule has 290 valence electrons. The van der Waals surface area contributed by atoms with Crippen LogP contribution in [-0.4, -0.2) is 19.9 Å². The first-order chi connectivity index (χ1) is 30.7. The van der Waals surface area contributed by atoms with Gasteiger partial charge < -0.3 is 8.83 Å². The summed E-state index contributed by atoms with van der Waals surface area (Å²) in [5.74, 6) is 1.22. The van der Waals surface area contributed by atoms with Crippen LogP contribution in [0.1, 0.15) is 0 Å². The summed E-state index contributed by atoms with van der Waals surface area (Å²) in [6.45, 7) is 0. The first-order valence-corrected chi connectivity index (χ1v) is 20.6. The number of rotatable bonds is 7. The van der Waals surface area contributed by atoms with Crippen molar-refractivity contribution in [3.63, 3.8) is 0 Å². The highest BCUT2D eigenvalue weighted by Crippen LogP contribution is 2.39. The van der Waals surface area contributed by atoms with Gasteiger partial charge in [0.25, 0.3) is 0 Å². The number of benzene rings is 8. The average Bonchev–Trinajstić information content (AvgIpc) is 3.93. The minimum absolute atomic E-state index is 0.563. The van der Waals surface area contributed by atoms with E-state index in [4.69, 9.17) is 28.8 Å². The van der Waals surface area contributed by atoms with E-state index in [1.165, 1.54) is 5.56 Å². The Morgan fingerprint density at radius 2 is 0.532 bits per heavy atom. The van der Waals surface area contributed by atoms with Crippen LogP contribution in [-0.2, 0) is 0 Å². The molecule has 0 saturated carbocycles. The smallest absolute Gasteiger partial charge is 0.231 e. The zero-order chi connectivity index (χ0) is 41.0. The topological polar surface area (TPSA) is 77.8 Å². The fourth-order valence-electron chi connectivity index (χ4n) is 8.45. The van der Waals surface area contributed by atoms with Gasteiger partial charge in [-0.05, 0) is 45.5 Å². The maximum Gasteiger partial charge on any atom is 0.231 e. The molecule has 0 unspecified atom stereocenters. The Morgan fingerprint density at radius 3 is 0.903 bits per heavy atom. The summed E-state index contributed by atoms with van der Waals surface area (Å²) in [5.41, 5.74) is 14.9. The van der Waals surface area contributed by atoms with Gasteiger partial charge in [-0.1, -0.05) is 194 Å². The molecule has 8 aromatic carbocycles. The monoisotopic (exact) mass is 794 g/mol. The van der Waals surface area contributed by atoms with Crippen molar-refractivity contribution >= 4 is 44.1 Å². The summed E-state index contributed by atoms with van der Waals surface area (Å²) in [5, 5.41) is 3.78. The lowest BCUT2D eigenvalue weighted by molar-refractivity contribution is 0.653. The second-order valence-electron chi connectivity index (χ2n) is 15.4. The Morgan fingerprint density at radius 1 is 0.242 bits per heavy atom. The van der Waals surface area contributed by atoms with Crippen LogP contribution in [0.4, 0.5) is 0 Å². The molecular formula is C56H34N4O2. The summed E-state index contributed by atoms with van der Waals surface area (Å²) in [7, 11) is 0. The van der Waals surface area contributed by atoms with Gasteiger partial charge in [0.05, 0.1) is 22.2 Å². The van der Waals surface area contributed by atoms with E-state index < -0.39 is 0 Å². The van der Waals surface area contributed by atoms with Crippen LogP contribution in [0.5, 0.6) is 0 Å². The Kier molecular flexibility index (Phi) is 8.38. The van der Waals surface area contributed by atoms with E-state index in [0.717, 1.165) is 94.2 Å². The highest BCUT2D eigenvalue weighted by Gasteiger charge is 2.20. The number of aromatic nitrogens is 4. The predicted octanol–water partition coefficient (Wildman–Crippen LogP) is 14.7. The van der Waals surface area contributed by atoms with Crippen molar-refractivity contribution in [1.82, 2.24) is 19.9 Å². The third-order valence-electron chi connectivity index (χ3n) is 11.6. The zero-order valence-electron chi connectivity index (χ0n) is 33.2. The lowest BCUT2D eigenvalue weighted by Gasteiger charge is -2.10. The molecule has 0 radical (unpaired) electrons. The molecule has 0 aliphatic rings. The average molecular weight is 795 g/mol. The van der Waals surface area contributed by atoms with Gasteiger partial charge in [0.1, 0.15) is 11.2 Å². The molecule has 0 bridgehead atoms. The summed E-state index contributed by atoms with van der Waals surface area (Å²) in [6, 6.07) is 70.7. The third kappa shape index (κ3) is 6.21. The van der Waals surface area contributed by atoms with E-state index in [1.54, 1.807) is 0 Å². The summed E-state index contributed by atoms with van der Waals surface area (Å²) >= 11 is 0. The molecule has 0 saturated heterocycles. The van der Waals surface area contributed by atoms with Crippen molar-refractivity contribution in [2.45, 2.75) is 0 Å². The quantitative estimate of drug-likeness (QED) is 0.160. The van der Waals surface area contributed by atoms with Gasteiger partial charge in [-0.25, -0.2) is 9.97 Å². The first kappa shape index (κ1) is 35.5. The molecule has 0 aliphatic carbocycles. The molecule has 62 heavy (non-hydrogen) atoms. The fourth-order valence-corrected chi connectivity index (χ4v) is 8.45. The minimum Gasteiger partial charge on any atom is -0.438 e. The van der Waals surface area contributed by atoms with Gasteiger partial charge in [-0.15, -0.1) is 0 Å². The second-order valence-corrected chi connectivity index (χ2v) is 15.4. The number of furan rings is 2. The van der Waals surface area contributed by atoms with E-state index in [-0.39, 0.29) is 0 Å². The van der Waals surface area contributed by atoms with E-state index in [0.29, 0.717) is 23.1 Å².